The number of ether oxygens (including phenoxy) is 2. The number of likely N-dealkylation sites (N-methyl/N-ethyl adjacent to an activating group) is 1. The lowest BCUT2D eigenvalue weighted by atomic mass is 9.71. The number of carbonyl (C=O) groups excluding carboxylic acids is 3. The van der Waals surface area contributed by atoms with Crippen molar-refractivity contribution >= 4 is 17.9 Å². The van der Waals surface area contributed by atoms with Gasteiger partial charge in [-0.05, 0) is 26.3 Å². The first-order valence-corrected chi connectivity index (χ1v) is 13.0. The number of likely N-dealkylation sites (tertiary alicyclic amines) is 1. The van der Waals surface area contributed by atoms with Gasteiger partial charge in [0.05, 0.1) is 19.1 Å². The van der Waals surface area contributed by atoms with Crippen molar-refractivity contribution in [3.8, 4) is 0 Å². The van der Waals surface area contributed by atoms with Crippen LogP contribution in [0.5, 0.6) is 0 Å². The fourth-order valence-electron chi connectivity index (χ4n) is 4.18. The van der Waals surface area contributed by atoms with Gasteiger partial charge in [0.1, 0.15) is 11.6 Å². The van der Waals surface area contributed by atoms with Crippen molar-refractivity contribution in [3.05, 3.63) is 35.9 Å². The molecule has 2 aliphatic heterocycles. The molecule has 0 radical (unpaired) electrons. The zero-order chi connectivity index (χ0) is 27.4. The summed E-state index contributed by atoms with van der Waals surface area (Å²) in [4.78, 5) is 39.4. The maximum absolute atomic E-state index is 13.1. The minimum atomic E-state index is -0.795. The van der Waals surface area contributed by atoms with Crippen LogP contribution in [-0.4, -0.2) is 74.3 Å². The first-order valence-electron chi connectivity index (χ1n) is 13.0. The van der Waals surface area contributed by atoms with E-state index in [9.17, 15) is 14.4 Å². The van der Waals surface area contributed by atoms with Crippen molar-refractivity contribution in [1.29, 1.82) is 0 Å². The van der Waals surface area contributed by atoms with Crippen LogP contribution in [0, 0.1) is 11.3 Å². The smallest absolute Gasteiger partial charge is 0.410 e. The second kappa shape index (κ2) is 14.8. The highest BCUT2D eigenvalue weighted by atomic mass is 16.6. The summed E-state index contributed by atoms with van der Waals surface area (Å²) < 4.78 is 11.1. The van der Waals surface area contributed by atoms with E-state index in [-0.39, 0.29) is 35.8 Å². The molecule has 3 N–H and O–H groups in total. The molecule has 2 heterocycles. The van der Waals surface area contributed by atoms with E-state index < -0.39 is 11.6 Å². The average molecular weight is 507 g/mol. The molecule has 2 fully saturated rings. The molecule has 204 valence electrons. The van der Waals surface area contributed by atoms with Crippen LogP contribution in [0.15, 0.2) is 30.3 Å². The second-order valence-electron chi connectivity index (χ2n) is 9.56. The number of hydrogen-bond acceptors (Lipinski definition) is 6. The van der Waals surface area contributed by atoms with Gasteiger partial charge in [-0.1, -0.05) is 58.0 Å². The summed E-state index contributed by atoms with van der Waals surface area (Å²) in [5.74, 6) is -0.867. The van der Waals surface area contributed by atoms with Gasteiger partial charge in [0, 0.05) is 38.6 Å². The van der Waals surface area contributed by atoms with Gasteiger partial charge < -0.3 is 30.3 Å². The first-order chi connectivity index (χ1) is 17.1. The number of nitrogens with zero attached hydrogens (tertiary/aromatic N) is 1. The maximum Gasteiger partial charge on any atom is 0.410 e. The van der Waals surface area contributed by atoms with E-state index in [1.165, 1.54) is 7.05 Å². The lowest BCUT2D eigenvalue weighted by Gasteiger charge is -2.50. The van der Waals surface area contributed by atoms with Gasteiger partial charge in [-0.15, -0.1) is 0 Å². The molecule has 36 heavy (non-hydrogen) atoms. The molecule has 1 aromatic rings. The molecule has 1 spiro atoms. The van der Waals surface area contributed by atoms with Crippen molar-refractivity contribution in [1.82, 2.24) is 20.9 Å². The summed E-state index contributed by atoms with van der Waals surface area (Å²) in [5, 5.41) is 8.70. The predicted octanol–water partition coefficient (Wildman–Crippen LogP) is 2.94. The zero-order valence-corrected chi connectivity index (χ0v) is 23.3. The van der Waals surface area contributed by atoms with E-state index >= 15 is 0 Å². The minimum absolute atomic E-state index is 0.0670. The van der Waals surface area contributed by atoms with Crippen LogP contribution >= 0.6 is 0 Å². The molecule has 0 saturated carbocycles. The Hall–Kier alpha value is -2.65. The Morgan fingerprint density at radius 1 is 1.11 bits per heavy atom. The maximum atomic E-state index is 13.1. The summed E-state index contributed by atoms with van der Waals surface area (Å²) in [7, 11) is 1.53. The monoisotopic (exact) mass is 506 g/mol. The van der Waals surface area contributed by atoms with Crippen LogP contribution in [0.25, 0.3) is 0 Å². The van der Waals surface area contributed by atoms with Gasteiger partial charge in [0.15, 0.2) is 0 Å². The van der Waals surface area contributed by atoms with Gasteiger partial charge in [0.2, 0.25) is 11.8 Å². The molecule has 3 amide bonds. The van der Waals surface area contributed by atoms with Crippen LogP contribution in [-0.2, 0) is 25.7 Å². The fourth-order valence-corrected chi connectivity index (χ4v) is 4.18. The molecular formula is C27H46N4O5. The van der Waals surface area contributed by atoms with Gasteiger partial charge in [-0.2, -0.15) is 0 Å². The van der Waals surface area contributed by atoms with E-state index in [4.69, 9.17) is 9.47 Å². The van der Waals surface area contributed by atoms with Crippen LogP contribution in [0.1, 0.15) is 54.0 Å². The van der Waals surface area contributed by atoms with Crippen molar-refractivity contribution in [2.24, 2.45) is 11.3 Å². The number of amides is 3. The summed E-state index contributed by atoms with van der Waals surface area (Å²) in [6.07, 6.45) is -0.369. The van der Waals surface area contributed by atoms with E-state index in [0.29, 0.717) is 32.8 Å². The number of rotatable bonds is 7. The Kier molecular flexibility index (Phi) is 12.9. The topological polar surface area (TPSA) is 109 Å². The van der Waals surface area contributed by atoms with E-state index in [1.807, 2.05) is 78.8 Å². The summed E-state index contributed by atoms with van der Waals surface area (Å²) in [6.45, 7) is 15.9. The quantitative estimate of drug-likeness (QED) is 0.525. The van der Waals surface area contributed by atoms with Crippen LogP contribution < -0.4 is 16.0 Å². The van der Waals surface area contributed by atoms with E-state index in [0.717, 1.165) is 5.56 Å². The minimum Gasteiger partial charge on any atom is -0.444 e. The van der Waals surface area contributed by atoms with E-state index in [2.05, 4.69) is 16.0 Å². The Morgan fingerprint density at radius 3 is 2.28 bits per heavy atom. The van der Waals surface area contributed by atoms with Gasteiger partial charge in [-0.3, -0.25) is 9.59 Å². The summed E-state index contributed by atoms with van der Waals surface area (Å²) >= 11 is 0. The highest BCUT2D eigenvalue weighted by Crippen LogP contribution is 2.41. The molecule has 9 nitrogen and oxygen atoms in total. The number of carbonyl (C=O) groups is 3. The number of hydrogen-bond donors (Lipinski definition) is 3. The van der Waals surface area contributed by atoms with Gasteiger partial charge in [0.25, 0.3) is 0 Å². The summed E-state index contributed by atoms with van der Waals surface area (Å²) in [6, 6.07) is 8.84. The average Bonchev–Trinajstić information content (AvgIpc) is 3.30. The standard InChI is InChI=1S/C23H34N4O5.2C2H6/c1-22(2,3)32-21(30)27-14-23(15-27)13-25-10-17(23)19(28)26-18(20(29)24-4)12-31-11-16-8-6-5-7-9-16;2*1-2/h5-9,17-18,25H,10-15H2,1-4H3,(H,24,29)(H,26,28);2*1-2H3. The third-order valence-corrected chi connectivity index (χ3v) is 5.82. The Labute approximate surface area is 216 Å². The van der Waals surface area contributed by atoms with E-state index in [1.54, 1.807) is 4.90 Å². The SMILES string of the molecule is CC.CC.CNC(=O)C(COCc1ccccc1)NC(=O)C1CNCC12CN(C(=O)OC(C)(C)C)C2. The van der Waals surface area contributed by atoms with Crippen molar-refractivity contribution in [2.75, 3.05) is 39.8 Å². The third-order valence-electron chi connectivity index (χ3n) is 5.82. The van der Waals surface area contributed by atoms with Crippen molar-refractivity contribution in [3.63, 3.8) is 0 Å². The van der Waals surface area contributed by atoms with Crippen LogP contribution in [0.3, 0.4) is 0 Å². The predicted molar refractivity (Wildman–Crippen MR) is 141 cm³/mol. The Balaban J connectivity index is 0.00000154. The Bertz CT molecular complexity index is 819. The molecule has 1 aromatic carbocycles. The fraction of sp³-hybridized carbons (Fsp3) is 0.667. The highest BCUT2D eigenvalue weighted by molar-refractivity contribution is 5.89. The molecule has 0 bridgehead atoms. The third kappa shape index (κ3) is 8.78. The molecule has 9 heteroatoms. The second-order valence-corrected chi connectivity index (χ2v) is 9.56. The summed E-state index contributed by atoms with van der Waals surface area (Å²) in [5.41, 5.74) is 0.0783. The largest absolute Gasteiger partial charge is 0.444 e. The van der Waals surface area contributed by atoms with Gasteiger partial charge >= 0.3 is 6.09 Å². The molecule has 2 saturated heterocycles. The lowest BCUT2D eigenvalue weighted by molar-refractivity contribution is -0.137. The number of benzene rings is 1. The normalized spacial score (nSPS) is 18.4. The molecule has 2 aliphatic rings. The highest BCUT2D eigenvalue weighted by Gasteiger charge is 2.56. The lowest BCUT2D eigenvalue weighted by Crippen LogP contribution is -2.65. The molecule has 2 unspecified atom stereocenters. The number of nitrogens with one attached hydrogen (secondary N) is 3. The van der Waals surface area contributed by atoms with Crippen LogP contribution in [0.4, 0.5) is 4.79 Å². The molecule has 0 aromatic heterocycles. The van der Waals surface area contributed by atoms with Crippen molar-refractivity contribution in [2.45, 2.75) is 66.7 Å². The first kappa shape index (κ1) is 31.4. The van der Waals surface area contributed by atoms with Crippen LogP contribution in [0.2, 0.25) is 0 Å². The molecule has 0 aliphatic carbocycles. The Morgan fingerprint density at radius 2 is 1.72 bits per heavy atom. The van der Waals surface area contributed by atoms with Crippen molar-refractivity contribution < 1.29 is 23.9 Å². The van der Waals surface area contributed by atoms with Gasteiger partial charge in [-0.25, -0.2) is 4.79 Å². The molecule has 2 atom stereocenters. The molecular weight excluding hydrogens is 460 g/mol. The molecule has 3 rings (SSSR count). The zero-order valence-electron chi connectivity index (χ0n) is 23.3.